The fourth-order valence-corrected chi connectivity index (χ4v) is 3.52. The molecule has 1 aromatic carbocycles. The minimum atomic E-state index is -0.236. The molecule has 7 heteroatoms. The number of benzene rings is 1. The Hall–Kier alpha value is -1.35. The van der Waals surface area contributed by atoms with Crippen molar-refractivity contribution in [1.82, 2.24) is 20.9 Å². The maximum atomic E-state index is 12.0. The molecule has 2 rings (SSSR count). The van der Waals surface area contributed by atoms with E-state index in [0.29, 0.717) is 18.5 Å². The van der Waals surface area contributed by atoms with Crippen LogP contribution in [0, 0.1) is 0 Å². The summed E-state index contributed by atoms with van der Waals surface area (Å²) >= 11 is 0. The average Bonchev–Trinajstić information content (AvgIpc) is 2.63. The highest BCUT2D eigenvalue weighted by Crippen LogP contribution is 2.20. The third-order valence-corrected chi connectivity index (χ3v) is 5.03. The number of nitrogens with one attached hydrogen (secondary N) is 3. The van der Waals surface area contributed by atoms with Crippen LogP contribution in [0.3, 0.4) is 0 Å². The molecule has 6 nitrogen and oxygen atoms in total. The van der Waals surface area contributed by atoms with Crippen molar-refractivity contribution in [3.8, 4) is 0 Å². The number of rotatable bonds is 6. The van der Waals surface area contributed by atoms with Crippen molar-refractivity contribution >= 4 is 35.8 Å². The topological polar surface area (TPSA) is 68.8 Å². The van der Waals surface area contributed by atoms with Crippen molar-refractivity contribution in [2.45, 2.75) is 71.6 Å². The molecule has 164 valence electrons. The van der Waals surface area contributed by atoms with E-state index in [2.05, 4.69) is 57.0 Å². The molecule has 0 spiro atoms. The summed E-state index contributed by atoms with van der Waals surface area (Å²) in [6.07, 6.45) is 3.91. The summed E-state index contributed by atoms with van der Waals surface area (Å²) in [6.45, 7) is 11.3. The first-order chi connectivity index (χ1) is 13.3. The quantitative estimate of drug-likeness (QED) is 0.309. The molecule has 1 heterocycles. The number of nitrogens with zero attached hydrogens (tertiary/aromatic N) is 2. The van der Waals surface area contributed by atoms with Crippen molar-refractivity contribution < 1.29 is 4.79 Å². The van der Waals surface area contributed by atoms with Gasteiger partial charge in [0.25, 0.3) is 0 Å². The van der Waals surface area contributed by atoms with E-state index in [-0.39, 0.29) is 42.0 Å². The van der Waals surface area contributed by atoms with Crippen LogP contribution in [0.5, 0.6) is 0 Å². The molecule has 0 radical (unpaired) electrons. The van der Waals surface area contributed by atoms with Gasteiger partial charge in [0.2, 0.25) is 5.91 Å². The molecule has 1 saturated heterocycles. The predicted octanol–water partition coefficient (Wildman–Crippen LogP) is 3.26. The fraction of sp³-hybridized carbons (Fsp3) is 0.636. The van der Waals surface area contributed by atoms with Crippen LogP contribution in [-0.4, -0.2) is 48.5 Å². The van der Waals surface area contributed by atoms with Crippen LogP contribution in [0.1, 0.15) is 58.1 Å². The van der Waals surface area contributed by atoms with E-state index >= 15 is 0 Å². The normalized spacial score (nSPS) is 18.0. The third kappa shape index (κ3) is 9.33. The van der Waals surface area contributed by atoms with Gasteiger partial charge in [-0.2, -0.15) is 0 Å². The maximum absolute atomic E-state index is 12.0. The van der Waals surface area contributed by atoms with Crippen LogP contribution >= 0.6 is 24.0 Å². The van der Waals surface area contributed by atoms with E-state index in [1.54, 1.807) is 7.05 Å². The van der Waals surface area contributed by atoms with Crippen LogP contribution in [0.4, 0.5) is 0 Å². The Kier molecular flexibility index (Phi) is 11.0. The van der Waals surface area contributed by atoms with E-state index in [9.17, 15) is 4.79 Å². The van der Waals surface area contributed by atoms with Gasteiger partial charge in [-0.05, 0) is 58.2 Å². The zero-order valence-corrected chi connectivity index (χ0v) is 20.9. The van der Waals surface area contributed by atoms with Gasteiger partial charge in [-0.25, -0.2) is 0 Å². The Bertz CT molecular complexity index is 671. The van der Waals surface area contributed by atoms with Gasteiger partial charge in [0.05, 0.1) is 6.54 Å². The van der Waals surface area contributed by atoms with E-state index in [1.807, 2.05) is 20.8 Å². The molecule has 0 saturated carbocycles. The number of piperidine rings is 1. The molecule has 1 aliphatic rings. The Morgan fingerprint density at radius 2 is 1.86 bits per heavy atom. The van der Waals surface area contributed by atoms with Crippen molar-refractivity contribution in [3.63, 3.8) is 0 Å². The Morgan fingerprint density at radius 1 is 1.17 bits per heavy atom. The van der Waals surface area contributed by atoms with Gasteiger partial charge < -0.3 is 16.0 Å². The van der Waals surface area contributed by atoms with Crippen molar-refractivity contribution in [1.29, 1.82) is 0 Å². The van der Waals surface area contributed by atoms with E-state index < -0.39 is 0 Å². The molecule has 0 aliphatic carbocycles. The summed E-state index contributed by atoms with van der Waals surface area (Å²) in [5, 5.41) is 9.36. The molecule has 1 amide bonds. The first-order valence-electron chi connectivity index (χ1n) is 10.3. The summed E-state index contributed by atoms with van der Waals surface area (Å²) in [5.41, 5.74) is 2.38. The second-order valence-electron chi connectivity index (χ2n) is 8.66. The van der Waals surface area contributed by atoms with Gasteiger partial charge in [0.1, 0.15) is 0 Å². The second kappa shape index (κ2) is 12.4. The smallest absolute Gasteiger partial charge is 0.239 e. The van der Waals surface area contributed by atoms with Crippen molar-refractivity contribution in [2.24, 2.45) is 4.99 Å². The lowest BCUT2D eigenvalue weighted by molar-refractivity contribution is -0.121. The third-order valence-electron chi connectivity index (χ3n) is 5.03. The van der Waals surface area contributed by atoms with Gasteiger partial charge in [-0.1, -0.05) is 30.7 Å². The average molecular weight is 515 g/mol. The van der Waals surface area contributed by atoms with Gasteiger partial charge in [0.15, 0.2) is 5.96 Å². The van der Waals surface area contributed by atoms with E-state index in [0.717, 1.165) is 6.54 Å². The second-order valence-corrected chi connectivity index (χ2v) is 8.66. The molecule has 0 aromatic heterocycles. The zero-order valence-electron chi connectivity index (χ0n) is 18.5. The lowest BCUT2D eigenvalue weighted by Gasteiger charge is -2.33. The monoisotopic (exact) mass is 515 g/mol. The predicted molar refractivity (Wildman–Crippen MR) is 132 cm³/mol. The number of carbonyl (C=O) groups is 1. The van der Waals surface area contributed by atoms with Crippen molar-refractivity contribution in [3.05, 3.63) is 35.4 Å². The van der Waals surface area contributed by atoms with Gasteiger partial charge in [-0.3, -0.25) is 14.7 Å². The standard InChI is InChI=1S/C22H37N5O.HI/c1-17-10-8-9-13-27(17)16-19-12-7-6-11-18(19)14-24-21(23-5)25-15-20(28)26-22(2,3)4;/h6-7,11-12,17H,8-10,13-16H2,1-5H3,(H,26,28)(H2,23,24,25);1H. The molecule has 1 aromatic rings. The van der Waals surface area contributed by atoms with E-state index in [1.165, 1.54) is 36.9 Å². The maximum Gasteiger partial charge on any atom is 0.239 e. The van der Waals surface area contributed by atoms with Crippen molar-refractivity contribution in [2.75, 3.05) is 20.1 Å². The summed E-state index contributed by atoms with van der Waals surface area (Å²) < 4.78 is 0. The Labute approximate surface area is 193 Å². The number of amides is 1. The molecule has 0 bridgehead atoms. The van der Waals surface area contributed by atoms with Gasteiger partial charge >= 0.3 is 0 Å². The largest absolute Gasteiger partial charge is 0.352 e. The summed E-state index contributed by atoms with van der Waals surface area (Å²) in [5.74, 6) is 0.583. The number of hydrogen-bond donors (Lipinski definition) is 3. The molecular weight excluding hydrogens is 477 g/mol. The molecule has 3 N–H and O–H groups in total. The SMILES string of the molecule is CN=C(NCC(=O)NC(C)(C)C)NCc1ccccc1CN1CCCCC1C.I. The number of guanidine groups is 1. The van der Waals surface area contributed by atoms with Crippen LogP contribution in [-0.2, 0) is 17.9 Å². The molecular formula is C22H38IN5O. The van der Waals surface area contributed by atoms with Crippen LogP contribution < -0.4 is 16.0 Å². The number of hydrogen-bond acceptors (Lipinski definition) is 3. The minimum Gasteiger partial charge on any atom is -0.352 e. The summed E-state index contributed by atoms with van der Waals surface area (Å²) in [7, 11) is 1.72. The highest BCUT2D eigenvalue weighted by Gasteiger charge is 2.19. The summed E-state index contributed by atoms with van der Waals surface area (Å²) in [6, 6.07) is 9.21. The van der Waals surface area contributed by atoms with Gasteiger partial charge in [-0.15, -0.1) is 24.0 Å². The molecule has 1 fully saturated rings. The van der Waals surface area contributed by atoms with Crippen LogP contribution in [0.25, 0.3) is 0 Å². The number of halogens is 1. The lowest BCUT2D eigenvalue weighted by Crippen LogP contribution is -2.48. The molecule has 29 heavy (non-hydrogen) atoms. The summed E-state index contributed by atoms with van der Waals surface area (Å²) in [4.78, 5) is 18.8. The Balaban J connectivity index is 0.00000420. The molecule has 1 aliphatic heterocycles. The van der Waals surface area contributed by atoms with Gasteiger partial charge in [0, 0.05) is 31.7 Å². The molecule has 1 unspecified atom stereocenters. The van der Waals surface area contributed by atoms with E-state index in [4.69, 9.17) is 0 Å². The fourth-order valence-electron chi connectivity index (χ4n) is 3.52. The number of aliphatic imine (C=N–C) groups is 1. The number of likely N-dealkylation sites (tertiary alicyclic amines) is 1. The highest BCUT2D eigenvalue weighted by molar-refractivity contribution is 14.0. The number of carbonyl (C=O) groups excluding carboxylic acids is 1. The highest BCUT2D eigenvalue weighted by atomic mass is 127. The van der Waals surface area contributed by atoms with Crippen LogP contribution in [0.15, 0.2) is 29.3 Å². The zero-order chi connectivity index (χ0) is 20.6. The lowest BCUT2D eigenvalue weighted by atomic mass is 10.0. The van der Waals surface area contributed by atoms with Crippen LogP contribution in [0.2, 0.25) is 0 Å². The molecule has 1 atom stereocenters. The minimum absolute atomic E-state index is 0. The first kappa shape index (κ1) is 25.7. The Morgan fingerprint density at radius 3 is 2.48 bits per heavy atom. The first-order valence-corrected chi connectivity index (χ1v) is 10.3.